The number of ether oxygens (including phenoxy) is 1. The predicted molar refractivity (Wildman–Crippen MR) is 369 cm³/mol. The van der Waals surface area contributed by atoms with Crippen molar-refractivity contribution in [1.29, 1.82) is 0 Å². The summed E-state index contributed by atoms with van der Waals surface area (Å²) in [5.41, 5.74) is 0. The van der Waals surface area contributed by atoms with Gasteiger partial charge in [0.15, 0.2) is 0 Å². The molecule has 0 saturated carbocycles. The van der Waals surface area contributed by atoms with Crippen molar-refractivity contribution in [1.82, 2.24) is 5.32 Å². The summed E-state index contributed by atoms with van der Waals surface area (Å²) in [6.07, 6.45) is 85.9. The number of carbonyl (C=O) groups excluding carboxylic acids is 2. The van der Waals surface area contributed by atoms with Crippen molar-refractivity contribution in [3.63, 3.8) is 0 Å². The Morgan fingerprint density at radius 2 is 0.718 bits per heavy atom. The molecule has 0 aromatic rings. The fourth-order valence-electron chi connectivity index (χ4n) is 10.2. The van der Waals surface area contributed by atoms with Gasteiger partial charge in [0.1, 0.15) is 19.3 Å². The van der Waals surface area contributed by atoms with Gasteiger partial charge in [-0.05, 0) is 109 Å². The molecule has 9 nitrogen and oxygen atoms in total. The molecule has 10 heteroatoms. The third-order valence-electron chi connectivity index (χ3n) is 15.8. The minimum atomic E-state index is -4.46. The first kappa shape index (κ1) is 82.2. The molecule has 0 spiro atoms. The van der Waals surface area contributed by atoms with Crippen LogP contribution in [0.3, 0.4) is 0 Å². The highest BCUT2D eigenvalue weighted by Gasteiger charge is 2.30. The zero-order chi connectivity index (χ0) is 62.1. The number of allylic oxidation sites excluding steroid dienone is 13. The smallest absolute Gasteiger partial charge is 0.456 e. The first-order chi connectivity index (χ1) is 41.4. The second kappa shape index (κ2) is 64.2. The number of phosphoric ester groups is 1. The number of nitrogens with one attached hydrogen (secondary N) is 1. The van der Waals surface area contributed by atoms with Crippen LogP contribution in [0.15, 0.2) is 85.1 Å². The zero-order valence-corrected chi connectivity index (χ0v) is 57.5. The standard InChI is InChI=1S/C75H137N2O7P/c1-7-10-13-16-19-22-25-27-29-31-33-35-36-37-38-39-40-42-44-46-48-50-53-56-59-62-65-68-75(79)84-73(66-63-60-57-54-51-24-21-18-15-12-9-3)72(71-83-85(80,81)82-70-69-77(4,5)6)76-74(78)67-64-61-58-55-52-49-47-45-43-41-34-32-30-28-26-23-20-17-14-11-8-2/h19-20,22-23,27-30,33,35,37-38,63,66,72-73H,7-18,21,24-26,31-32,34,36,39-62,64-65,67-71H2,1-6H3,(H-,76,78,80,81)/p+1/b22-19-,23-20-,29-27-,30-28-,35-33-,38-37-,66-63-. The summed E-state index contributed by atoms with van der Waals surface area (Å²) in [6.45, 7) is 6.98. The van der Waals surface area contributed by atoms with Gasteiger partial charge in [-0.2, -0.15) is 0 Å². The van der Waals surface area contributed by atoms with E-state index in [0.29, 0.717) is 17.4 Å². The third kappa shape index (κ3) is 65.5. The van der Waals surface area contributed by atoms with Crippen LogP contribution >= 0.6 is 7.82 Å². The van der Waals surface area contributed by atoms with Crippen molar-refractivity contribution in [2.75, 3.05) is 40.9 Å². The molecule has 1 amide bonds. The molecule has 0 heterocycles. The molecule has 0 fully saturated rings. The SMILES string of the molecule is CCCCC/C=C\C/C=C\C/C=C\C/C=C\CCCCCCCCCCCCCC(=O)OC(/C=C\CCCCCCCCCCC)C(COP(=O)(O)OCC[N+](C)(C)C)NC(=O)CCCCCCCCCCCCC/C=C\C/C=C\CCCCC. The van der Waals surface area contributed by atoms with Crippen LogP contribution in [0.1, 0.15) is 329 Å². The van der Waals surface area contributed by atoms with Crippen LogP contribution in [0.5, 0.6) is 0 Å². The summed E-state index contributed by atoms with van der Waals surface area (Å²) >= 11 is 0. The molecule has 2 N–H and O–H groups in total. The Hall–Kier alpha value is -2.81. The van der Waals surface area contributed by atoms with E-state index in [-0.39, 0.29) is 31.5 Å². The van der Waals surface area contributed by atoms with Gasteiger partial charge < -0.3 is 19.4 Å². The number of hydrogen-bond acceptors (Lipinski definition) is 6. The number of nitrogens with zero attached hydrogens (tertiary/aromatic N) is 1. The molecule has 3 unspecified atom stereocenters. The minimum absolute atomic E-state index is 0.0373. The molecule has 0 aliphatic carbocycles. The predicted octanol–water partition coefficient (Wildman–Crippen LogP) is 22.9. The van der Waals surface area contributed by atoms with Gasteiger partial charge in [0, 0.05) is 12.8 Å². The van der Waals surface area contributed by atoms with Crippen LogP contribution in [-0.2, 0) is 27.9 Å². The van der Waals surface area contributed by atoms with Gasteiger partial charge in [0.2, 0.25) is 5.91 Å². The van der Waals surface area contributed by atoms with Gasteiger partial charge in [-0.15, -0.1) is 0 Å². The van der Waals surface area contributed by atoms with E-state index < -0.39 is 20.0 Å². The van der Waals surface area contributed by atoms with E-state index in [4.69, 9.17) is 13.8 Å². The number of esters is 1. The molecule has 3 atom stereocenters. The van der Waals surface area contributed by atoms with Crippen LogP contribution in [0, 0.1) is 0 Å². The topological polar surface area (TPSA) is 111 Å². The van der Waals surface area contributed by atoms with E-state index in [0.717, 1.165) is 83.5 Å². The van der Waals surface area contributed by atoms with Crippen molar-refractivity contribution in [3.05, 3.63) is 85.1 Å². The highest BCUT2D eigenvalue weighted by Crippen LogP contribution is 2.43. The molecule has 85 heavy (non-hydrogen) atoms. The summed E-state index contributed by atoms with van der Waals surface area (Å²) < 4.78 is 30.8. The lowest BCUT2D eigenvalue weighted by atomic mass is 10.0. The Bertz CT molecular complexity index is 1730. The Labute approximate surface area is 526 Å². The number of phosphoric acid groups is 1. The molecule has 494 valence electrons. The van der Waals surface area contributed by atoms with Gasteiger partial charge in [0.25, 0.3) is 0 Å². The number of hydrogen-bond donors (Lipinski definition) is 2. The van der Waals surface area contributed by atoms with Gasteiger partial charge in [-0.1, -0.05) is 292 Å². The van der Waals surface area contributed by atoms with E-state index in [1.807, 2.05) is 33.3 Å². The average Bonchev–Trinajstić information content (AvgIpc) is 3.59. The highest BCUT2D eigenvalue weighted by molar-refractivity contribution is 7.47. The largest absolute Gasteiger partial charge is 0.472 e. The lowest BCUT2D eigenvalue weighted by molar-refractivity contribution is -0.870. The molecule has 0 aromatic heterocycles. The van der Waals surface area contributed by atoms with Gasteiger partial charge >= 0.3 is 13.8 Å². The third-order valence-corrected chi connectivity index (χ3v) is 16.8. The maximum absolute atomic E-state index is 13.6. The highest BCUT2D eigenvalue weighted by atomic mass is 31.2. The van der Waals surface area contributed by atoms with Crippen molar-refractivity contribution in [2.24, 2.45) is 0 Å². The van der Waals surface area contributed by atoms with Gasteiger partial charge in [-0.3, -0.25) is 18.6 Å². The van der Waals surface area contributed by atoms with Crippen LogP contribution in [-0.4, -0.2) is 74.3 Å². The maximum Gasteiger partial charge on any atom is 0.472 e. The van der Waals surface area contributed by atoms with Crippen LogP contribution in [0.4, 0.5) is 0 Å². The summed E-state index contributed by atoms with van der Waals surface area (Å²) in [5.74, 6) is -0.505. The van der Waals surface area contributed by atoms with E-state index >= 15 is 0 Å². The lowest BCUT2D eigenvalue weighted by Crippen LogP contribution is -2.47. The Balaban J connectivity index is 5.01. The fraction of sp³-hybridized carbons (Fsp3) is 0.787. The number of quaternary nitrogens is 1. The van der Waals surface area contributed by atoms with E-state index in [1.54, 1.807) is 0 Å². The fourth-order valence-corrected chi connectivity index (χ4v) is 11.0. The average molecular weight is 1210 g/mol. The Kier molecular flexibility index (Phi) is 62.1. The molecule has 0 bridgehead atoms. The second-order valence-electron chi connectivity index (χ2n) is 25.4. The van der Waals surface area contributed by atoms with Crippen LogP contribution in [0.25, 0.3) is 0 Å². The van der Waals surface area contributed by atoms with Gasteiger partial charge in [0.05, 0.1) is 33.8 Å². The molecule has 0 saturated heterocycles. The quantitative estimate of drug-likeness (QED) is 0.0205. The first-order valence-corrected chi connectivity index (χ1v) is 37.4. The van der Waals surface area contributed by atoms with Crippen molar-refractivity contribution in [2.45, 2.75) is 341 Å². The van der Waals surface area contributed by atoms with E-state index in [1.165, 1.54) is 212 Å². The zero-order valence-electron chi connectivity index (χ0n) is 56.6. The van der Waals surface area contributed by atoms with Crippen LogP contribution < -0.4 is 5.32 Å². The van der Waals surface area contributed by atoms with Crippen molar-refractivity contribution < 1.29 is 37.3 Å². The second-order valence-corrected chi connectivity index (χ2v) is 26.9. The summed E-state index contributed by atoms with van der Waals surface area (Å²) in [5, 5.41) is 3.07. The maximum atomic E-state index is 13.6. The summed E-state index contributed by atoms with van der Waals surface area (Å²) in [4.78, 5) is 37.9. The first-order valence-electron chi connectivity index (χ1n) is 35.9. The Morgan fingerprint density at radius 3 is 1.09 bits per heavy atom. The Morgan fingerprint density at radius 1 is 0.412 bits per heavy atom. The van der Waals surface area contributed by atoms with Crippen molar-refractivity contribution in [3.8, 4) is 0 Å². The van der Waals surface area contributed by atoms with E-state index in [2.05, 4.69) is 99.0 Å². The van der Waals surface area contributed by atoms with Crippen LogP contribution in [0.2, 0.25) is 0 Å². The minimum Gasteiger partial charge on any atom is -0.456 e. The molecular weight excluding hydrogens is 1070 g/mol. The monoisotopic (exact) mass is 1210 g/mol. The van der Waals surface area contributed by atoms with Crippen molar-refractivity contribution >= 4 is 19.7 Å². The lowest BCUT2D eigenvalue weighted by Gasteiger charge is -2.27. The molecule has 0 aliphatic rings. The number of carbonyl (C=O) groups is 2. The van der Waals surface area contributed by atoms with E-state index in [9.17, 15) is 19.0 Å². The summed E-state index contributed by atoms with van der Waals surface area (Å²) in [6, 6.07) is -0.854. The molecule has 0 radical (unpaired) electrons. The summed E-state index contributed by atoms with van der Waals surface area (Å²) in [7, 11) is 1.49. The molecule has 0 rings (SSSR count). The molecule has 0 aliphatic heterocycles. The molecular formula is C75H138N2O7P+. The van der Waals surface area contributed by atoms with Gasteiger partial charge in [-0.25, -0.2) is 4.57 Å². The number of amides is 1. The normalized spacial score (nSPS) is 14.0. The number of likely N-dealkylation sites (N-methyl/N-ethyl adjacent to an activating group) is 1. The number of unbranched alkanes of at least 4 members (excludes halogenated alkanes) is 37. The molecule has 0 aromatic carbocycles. The number of rotatable bonds is 65.